The molecule has 0 aliphatic heterocycles. The molecule has 1 aromatic heterocycles. The molecule has 1 N–H and O–H groups in total. The Morgan fingerprint density at radius 2 is 2.20 bits per heavy atom. The number of ether oxygens (including phenoxy) is 1. The highest BCUT2D eigenvalue weighted by Gasteiger charge is 2.09. The topological polar surface area (TPSA) is 51.2 Å². The SMILES string of the molecule is CCOC(=O)c1cc(Cl)cc(NCc2cnc(Cl)s2)c1. The maximum Gasteiger partial charge on any atom is 0.338 e. The number of aromatic nitrogens is 1. The number of carbonyl (C=O) groups excluding carboxylic acids is 1. The van der Waals surface area contributed by atoms with Crippen molar-refractivity contribution in [2.75, 3.05) is 11.9 Å². The number of rotatable bonds is 5. The van der Waals surface area contributed by atoms with E-state index in [-0.39, 0.29) is 5.97 Å². The lowest BCUT2D eigenvalue weighted by molar-refractivity contribution is 0.0526. The van der Waals surface area contributed by atoms with E-state index in [9.17, 15) is 4.79 Å². The van der Waals surface area contributed by atoms with Crippen molar-refractivity contribution in [2.45, 2.75) is 13.5 Å². The molecule has 0 radical (unpaired) electrons. The monoisotopic (exact) mass is 330 g/mol. The number of nitrogens with zero attached hydrogens (tertiary/aromatic N) is 1. The first kappa shape index (κ1) is 15.1. The molecule has 0 aliphatic rings. The summed E-state index contributed by atoms with van der Waals surface area (Å²) >= 11 is 13.2. The molecule has 0 saturated carbocycles. The molecule has 7 heteroatoms. The zero-order chi connectivity index (χ0) is 14.5. The Kier molecular flexibility index (Phi) is 5.23. The molecule has 2 aromatic rings. The van der Waals surface area contributed by atoms with Crippen LogP contribution in [-0.2, 0) is 11.3 Å². The molecule has 0 amide bonds. The van der Waals surface area contributed by atoms with Gasteiger partial charge in [0.1, 0.15) is 0 Å². The summed E-state index contributed by atoms with van der Waals surface area (Å²) in [5.74, 6) is -0.390. The third-order valence-corrected chi connectivity index (χ3v) is 3.73. The molecular weight excluding hydrogens is 319 g/mol. The molecule has 20 heavy (non-hydrogen) atoms. The molecule has 4 nitrogen and oxygen atoms in total. The second kappa shape index (κ2) is 6.92. The van der Waals surface area contributed by atoms with Crippen LogP contribution in [0.25, 0.3) is 0 Å². The van der Waals surface area contributed by atoms with Crippen molar-refractivity contribution in [3.63, 3.8) is 0 Å². The lowest BCUT2D eigenvalue weighted by Crippen LogP contribution is -2.06. The first-order valence-corrected chi connectivity index (χ1v) is 7.47. The molecular formula is C13H12Cl2N2O2S. The van der Waals surface area contributed by atoms with Crippen LogP contribution in [0.4, 0.5) is 5.69 Å². The van der Waals surface area contributed by atoms with Crippen molar-refractivity contribution in [3.05, 3.63) is 44.3 Å². The van der Waals surface area contributed by atoms with Gasteiger partial charge in [0.25, 0.3) is 0 Å². The van der Waals surface area contributed by atoms with E-state index in [2.05, 4.69) is 10.3 Å². The quantitative estimate of drug-likeness (QED) is 0.833. The van der Waals surface area contributed by atoms with Crippen LogP contribution in [0.3, 0.4) is 0 Å². The Balaban J connectivity index is 2.09. The number of nitrogens with one attached hydrogen (secondary N) is 1. The number of benzene rings is 1. The van der Waals surface area contributed by atoms with Crippen LogP contribution < -0.4 is 5.32 Å². The first-order valence-electron chi connectivity index (χ1n) is 5.90. The van der Waals surface area contributed by atoms with Crippen molar-refractivity contribution in [3.8, 4) is 0 Å². The van der Waals surface area contributed by atoms with Gasteiger partial charge in [-0.25, -0.2) is 9.78 Å². The van der Waals surface area contributed by atoms with Crippen molar-refractivity contribution in [1.82, 2.24) is 4.98 Å². The van der Waals surface area contributed by atoms with E-state index in [0.29, 0.717) is 28.2 Å². The van der Waals surface area contributed by atoms with E-state index >= 15 is 0 Å². The molecule has 106 valence electrons. The Bertz CT molecular complexity index is 616. The van der Waals surface area contributed by atoms with Gasteiger partial charge >= 0.3 is 5.97 Å². The lowest BCUT2D eigenvalue weighted by Gasteiger charge is -2.08. The van der Waals surface area contributed by atoms with Crippen LogP contribution in [0.15, 0.2) is 24.4 Å². The minimum Gasteiger partial charge on any atom is -0.462 e. The van der Waals surface area contributed by atoms with E-state index in [0.717, 1.165) is 10.6 Å². The maximum atomic E-state index is 11.7. The van der Waals surface area contributed by atoms with E-state index in [1.165, 1.54) is 11.3 Å². The van der Waals surface area contributed by atoms with Crippen molar-refractivity contribution >= 4 is 46.2 Å². The third kappa shape index (κ3) is 4.10. The summed E-state index contributed by atoms with van der Waals surface area (Å²) in [5.41, 5.74) is 1.16. The fourth-order valence-corrected chi connectivity index (χ4v) is 2.73. The number of hydrogen-bond acceptors (Lipinski definition) is 5. The second-order valence-corrected chi connectivity index (χ2v) is 6.02. The molecule has 0 aliphatic carbocycles. The number of thiazole rings is 1. The third-order valence-electron chi connectivity index (χ3n) is 2.40. The Morgan fingerprint density at radius 1 is 1.40 bits per heavy atom. The van der Waals surface area contributed by atoms with Crippen molar-refractivity contribution in [2.24, 2.45) is 0 Å². The van der Waals surface area contributed by atoms with E-state index in [1.807, 2.05) is 0 Å². The summed E-state index contributed by atoms with van der Waals surface area (Å²) in [7, 11) is 0. The smallest absolute Gasteiger partial charge is 0.338 e. The Hall–Kier alpha value is -1.30. The average molecular weight is 331 g/mol. The molecule has 0 saturated heterocycles. The highest BCUT2D eigenvalue weighted by atomic mass is 35.5. The molecule has 2 rings (SSSR count). The zero-order valence-corrected chi connectivity index (χ0v) is 13.0. The molecule has 1 aromatic carbocycles. The van der Waals surface area contributed by atoms with Gasteiger partial charge in [-0.3, -0.25) is 0 Å². The van der Waals surface area contributed by atoms with Gasteiger partial charge in [-0.1, -0.05) is 23.2 Å². The van der Waals surface area contributed by atoms with Crippen LogP contribution in [0.5, 0.6) is 0 Å². The number of esters is 1. The fourth-order valence-electron chi connectivity index (χ4n) is 1.58. The highest BCUT2D eigenvalue weighted by molar-refractivity contribution is 7.15. The fraction of sp³-hybridized carbons (Fsp3) is 0.231. The first-order chi connectivity index (χ1) is 9.58. The molecule has 0 bridgehead atoms. The number of carbonyl (C=O) groups is 1. The van der Waals surface area contributed by atoms with Gasteiger partial charge in [-0.15, -0.1) is 11.3 Å². The zero-order valence-electron chi connectivity index (χ0n) is 10.7. The summed E-state index contributed by atoms with van der Waals surface area (Å²) < 4.78 is 5.45. The molecule has 0 spiro atoms. The van der Waals surface area contributed by atoms with Crippen molar-refractivity contribution in [1.29, 1.82) is 0 Å². The van der Waals surface area contributed by atoms with Crippen LogP contribution in [0.2, 0.25) is 9.49 Å². The highest BCUT2D eigenvalue weighted by Crippen LogP contribution is 2.22. The van der Waals surface area contributed by atoms with Gasteiger partial charge in [-0.2, -0.15) is 0 Å². The largest absolute Gasteiger partial charge is 0.462 e. The normalized spacial score (nSPS) is 10.3. The van der Waals surface area contributed by atoms with Gasteiger partial charge in [0.15, 0.2) is 4.47 Å². The van der Waals surface area contributed by atoms with E-state index in [1.54, 1.807) is 31.3 Å². The molecule has 0 fully saturated rings. The summed E-state index contributed by atoms with van der Waals surface area (Å²) in [4.78, 5) is 16.6. The van der Waals surface area contributed by atoms with Crippen LogP contribution in [0, 0.1) is 0 Å². The molecule has 1 heterocycles. The van der Waals surface area contributed by atoms with Gasteiger partial charge < -0.3 is 10.1 Å². The average Bonchev–Trinajstić information content (AvgIpc) is 2.82. The molecule has 0 unspecified atom stereocenters. The van der Waals surface area contributed by atoms with Gasteiger partial charge in [-0.05, 0) is 25.1 Å². The van der Waals surface area contributed by atoms with E-state index in [4.69, 9.17) is 27.9 Å². The predicted molar refractivity (Wildman–Crippen MR) is 81.9 cm³/mol. The summed E-state index contributed by atoms with van der Waals surface area (Å²) in [5, 5.41) is 3.64. The van der Waals surface area contributed by atoms with Gasteiger partial charge in [0, 0.05) is 21.8 Å². The van der Waals surface area contributed by atoms with Crippen LogP contribution >= 0.6 is 34.5 Å². The van der Waals surface area contributed by atoms with Crippen molar-refractivity contribution < 1.29 is 9.53 Å². The Morgan fingerprint density at radius 3 is 2.85 bits per heavy atom. The van der Waals surface area contributed by atoms with Gasteiger partial charge in [0.2, 0.25) is 0 Å². The van der Waals surface area contributed by atoms with Crippen LogP contribution in [-0.4, -0.2) is 17.6 Å². The number of hydrogen-bond donors (Lipinski definition) is 1. The standard InChI is InChI=1S/C13H12Cl2N2O2S/c1-2-19-12(18)8-3-9(14)5-10(4-8)16-6-11-7-17-13(15)20-11/h3-5,7,16H,2,6H2,1H3. The summed E-state index contributed by atoms with van der Waals surface area (Å²) in [6.45, 7) is 2.65. The minimum atomic E-state index is -0.390. The summed E-state index contributed by atoms with van der Waals surface area (Å²) in [6.07, 6.45) is 1.71. The number of halogens is 2. The predicted octanol–water partition coefficient (Wildman–Crippen LogP) is 4.24. The second-order valence-electron chi connectivity index (χ2n) is 3.88. The Labute approximate surface area is 130 Å². The van der Waals surface area contributed by atoms with Crippen LogP contribution in [0.1, 0.15) is 22.2 Å². The maximum absolute atomic E-state index is 11.7. The molecule has 0 atom stereocenters. The summed E-state index contributed by atoms with van der Waals surface area (Å²) in [6, 6.07) is 5.02. The minimum absolute atomic E-state index is 0.327. The lowest BCUT2D eigenvalue weighted by atomic mass is 10.2. The van der Waals surface area contributed by atoms with Gasteiger partial charge in [0.05, 0.1) is 18.7 Å². The van der Waals surface area contributed by atoms with E-state index < -0.39 is 0 Å². The number of anilines is 1.